The highest BCUT2D eigenvalue weighted by Gasteiger charge is 2.24. The number of fused-ring (bicyclic) bond motifs is 1. The minimum atomic E-state index is -0.337. The number of pyridine rings is 1. The van der Waals surface area contributed by atoms with Crippen molar-refractivity contribution < 1.29 is 9.18 Å². The van der Waals surface area contributed by atoms with E-state index in [0.717, 1.165) is 24.4 Å². The number of nitrogens with zero attached hydrogens (tertiary/aromatic N) is 3. The predicted octanol–water partition coefficient (Wildman–Crippen LogP) is 2.66. The molecule has 0 saturated carbocycles. The molecular formula is C18H17FN4O. The summed E-state index contributed by atoms with van der Waals surface area (Å²) in [6.07, 6.45) is 3.44. The van der Waals surface area contributed by atoms with Crippen molar-refractivity contribution in [1.82, 2.24) is 14.9 Å². The number of hydrogen-bond acceptors (Lipinski definition) is 3. The van der Waals surface area contributed by atoms with E-state index in [0.29, 0.717) is 24.0 Å². The number of piperazine rings is 1. The highest BCUT2D eigenvalue weighted by Crippen LogP contribution is 2.22. The zero-order chi connectivity index (χ0) is 16.5. The molecule has 2 aromatic heterocycles. The van der Waals surface area contributed by atoms with Crippen LogP contribution in [0.1, 0.15) is 10.4 Å². The van der Waals surface area contributed by atoms with Gasteiger partial charge in [0.2, 0.25) is 0 Å². The Kier molecular flexibility index (Phi) is 3.65. The van der Waals surface area contributed by atoms with Crippen LogP contribution in [0.5, 0.6) is 0 Å². The zero-order valence-corrected chi connectivity index (χ0v) is 13.1. The lowest BCUT2D eigenvalue weighted by Crippen LogP contribution is -2.49. The highest BCUT2D eigenvalue weighted by molar-refractivity contribution is 6.06. The van der Waals surface area contributed by atoms with Crippen molar-refractivity contribution >= 4 is 22.6 Å². The summed E-state index contributed by atoms with van der Waals surface area (Å²) < 4.78 is 13.5. The normalized spacial score (nSPS) is 15.0. The number of aromatic nitrogens is 2. The third kappa shape index (κ3) is 2.60. The molecular weight excluding hydrogens is 307 g/mol. The summed E-state index contributed by atoms with van der Waals surface area (Å²) in [5.74, 6) is 0.530. The molecule has 1 aliphatic heterocycles. The van der Waals surface area contributed by atoms with Crippen molar-refractivity contribution in [2.24, 2.45) is 0 Å². The Morgan fingerprint density at radius 3 is 2.71 bits per heavy atom. The molecule has 24 heavy (non-hydrogen) atoms. The molecule has 3 heterocycles. The molecule has 5 nitrogen and oxygen atoms in total. The van der Waals surface area contributed by atoms with Crippen molar-refractivity contribution in [3.05, 3.63) is 60.2 Å². The van der Waals surface area contributed by atoms with Crippen LogP contribution in [-0.4, -0.2) is 47.0 Å². The molecule has 1 aliphatic rings. The lowest BCUT2D eigenvalue weighted by atomic mass is 10.1. The van der Waals surface area contributed by atoms with Crippen LogP contribution in [0.15, 0.2) is 48.8 Å². The SMILES string of the molecule is O=C(c1c[nH]c2ccc(F)cc12)N1CCN(c2ccccn2)CC1. The molecule has 4 rings (SSSR count). The molecule has 1 aromatic carbocycles. The van der Waals surface area contributed by atoms with Gasteiger partial charge in [0.25, 0.3) is 5.91 Å². The van der Waals surface area contributed by atoms with Gasteiger partial charge in [0.1, 0.15) is 11.6 Å². The lowest BCUT2D eigenvalue weighted by Gasteiger charge is -2.35. The van der Waals surface area contributed by atoms with Crippen LogP contribution in [0, 0.1) is 5.82 Å². The standard InChI is InChI=1S/C18H17FN4O/c19-13-4-5-16-14(11-13)15(12-21-16)18(24)23-9-7-22(8-10-23)17-3-1-2-6-20-17/h1-6,11-12,21H,7-10H2. The number of carbonyl (C=O) groups is 1. The van der Waals surface area contributed by atoms with Crippen LogP contribution in [0.2, 0.25) is 0 Å². The van der Waals surface area contributed by atoms with Crippen LogP contribution in [0.25, 0.3) is 10.9 Å². The number of halogens is 1. The fourth-order valence-corrected chi connectivity index (χ4v) is 3.12. The van der Waals surface area contributed by atoms with Crippen LogP contribution >= 0.6 is 0 Å². The van der Waals surface area contributed by atoms with Crippen molar-refractivity contribution in [1.29, 1.82) is 0 Å². The summed E-state index contributed by atoms with van der Waals surface area (Å²) in [5, 5.41) is 0.632. The maximum Gasteiger partial charge on any atom is 0.256 e. The van der Waals surface area contributed by atoms with Crippen LogP contribution in [0.3, 0.4) is 0 Å². The number of nitrogens with one attached hydrogen (secondary N) is 1. The maximum atomic E-state index is 13.5. The Morgan fingerprint density at radius 1 is 1.12 bits per heavy atom. The summed E-state index contributed by atoms with van der Waals surface area (Å²) in [7, 11) is 0. The molecule has 1 fully saturated rings. The van der Waals surface area contributed by atoms with E-state index in [9.17, 15) is 9.18 Å². The van der Waals surface area contributed by atoms with Crippen LogP contribution in [0.4, 0.5) is 10.2 Å². The van der Waals surface area contributed by atoms with E-state index in [2.05, 4.69) is 14.9 Å². The Bertz CT molecular complexity index is 869. The Morgan fingerprint density at radius 2 is 1.96 bits per heavy atom. The first-order valence-corrected chi connectivity index (χ1v) is 7.94. The van der Waals surface area contributed by atoms with E-state index in [4.69, 9.17) is 0 Å². The van der Waals surface area contributed by atoms with Gasteiger partial charge < -0.3 is 14.8 Å². The largest absolute Gasteiger partial charge is 0.360 e. The minimum Gasteiger partial charge on any atom is -0.360 e. The van der Waals surface area contributed by atoms with Gasteiger partial charge in [-0.2, -0.15) is 0 Å². The van der Waals surface area contributed by atoms with Gasteiger partial charge in [-0.3, -0.25) is 4.79 Å². The maximum absolute atomic E-state index is 13.5. The Hall–Kier alpha value is -2.89. The number of aromatic amines is 1. The molecule has 3 aromatic rings. The van der Waals surface area contributed by atoms with E-state index >= 15 is 0 Å². The van der Waals surface area contributed by atoms with Gasteiger partial charge in [-0.1, -0.05) is 6.07 Å². The van der Waals surface area contributed by atoms with Gasteiger partial charge in [-0.15, -0.1) is 0 Å². The first kappa shape index (κ1) is 14.7. The summed E-state index contributed by atoms with van der Waals surface area (Å²) in [4.78, 5) is 24.1. The third-order valence-electron chi connectivity index (χ3n) is 4.41. The van der Waals surface area contributed by atoms with Crippen molar-refractivity contribution in [3.8, 4) is 0 Å². The second-order valence-electron chi connectivity index (χ2n) is 5.86. The first-order valence-electron chi connectivity index (χ1n) is 7.94. The molecule has 0 aliphatic carbocycles. The molecule has 122 valence electrons. The molecule has 0 unspecified atom stereocenters. The monoisotopic (exact) mass is 324 g/mol. The number of rotatable bonds is 2. The molecule has 1 N–H and O–H groups in total. The van der Waals surface area contributed by atoms with E-state index in [-0.39, 0.29) is 11.7 Å². The van der Waals surface area contributed by atoms with Crippen LogP contribution in [-0.2, 0) is 0 Å². The molecule has 0 bridgehead atoms. The number of benzene rings is 1. The van der Waals surface area contributed by atoms with Gasteiger partial charge in [0.05, 0.1) is 5.56 Å². The van der Waals surface area contributed by atoms with Gasteiger partial charge in [0.15, 0.2) is 0 Å². The Balaban J connectivity index is 1.51. The number of H-pyrrole nitrogens is 1. The molecule has 0 spiro atoms. The summed E-state index contributed by atoms with van der Waals surface area (Å²) >= 11 is 0. The zero-order valence-electron chi connectivity index (χ0n) is 13.1. The van der Waals surface area contributed by atoms with Gasteiger partial charge in [0, 0.05) is 49.5 Å². The van der Waals surface area contributed by atoms with E-state index in [1.54, 1.807) is 18.5 Å². The number of hydrogen-bond donors (Lipinski definition) is 1. The summed E-state index contributed by atoms with van der Waals surface area (Å²) in [6, 6.07) is 10.3. The average molecular weight is 324 g/mol. The second-order valence-corrected chi connectivity index (χ2v) is 5.86. The highest BCUT2D eigenvalue weighted by atomic mass is 19.1. The third-order valence-corrected chi connectivity index (χ3v) is 4.41. The molecule has 6 heteroatoms. The van der Waals surface area contributed by atoms with Gasteiger partial charge in [-0.25, -0.2) is 9.37 Å². The molecule has 1 saturated heterocycles. The number of anilines is 1. The smallest absolute Gasteiger partial charge is 0.256 e. The summed E-state index contributed by atoms with van der Waals surface area (Å²) in [5.41, 5.74) is 1.29. The fraction of sp³-hybridized carbons (Fsp3) is 0.222. The summed E-state index contributed by atoms with van der Waals surface area (Å²) in [6.45, 7) is 2.72. The molecule has 1 amide bonds. The van der Waals surface area contributed by atoms with Gasteiger partial charge in [-0.05, 0) is 30.3 Å². The number of carbonyl (C=O) groups excluding carboxylic acids is 1. The van der Waals surface area contributed by atoms with E-state index in [1.165, 1.54) is 12.1 Å². The van der Waals surface area contributed by atoms with Crippen molar-refractivity contribution in [2.75, 3.05) is 31.1 Å². The quantitative estimate of drug-likeness (QED) is 0.788. The second kappa shape index (κ2) is 5.96. The van der Waals surface area contributed by atoms with Crippen molar-refractivity contribution in [2.45, 2.75) is 0 Å². The number of amides is 1. The van der Waals surface area contributed by atoms with E-state index in [1.807, 2.05) is 23.1 Å². The predicted molar refractivity (Wildman–Crippen MR) is 90.6 cm³/mol. The lowest BCUT2D eigenvalue weighted by molar-refractivity contribution is 0.0748. The van der Waals surface area contributed by atoms with Crippen molar-refractivity contribution in [3.63, 3.8) is 0 Å². The topological polar surface area (TPSA) is 52.2 Å². The molecule has 0 atom stereocenters. The van der Waals surface area contributed by atoms with E-state index < -0.39 is 0 Å². The molecule has 0 radical (unpaired) electrons. The Labute approximate surface area is 138 Å². The van der Waals surface area contributed by atoms with Gasteiger partial charge >= 0.3 is 0 Å². The minimum absolute atomic E-state index is 0.0625. The first-order chi connectivity index (χ1) is 11.7. The van der Waals surface area contributed by atoms with Crippen LogP contribution < -0.4 is 4.90 Å². The average Bonchev–Trinajstić information content (AvgIpc) is 3.05. The fourth-order valence-electron chi connectivity index (χ4n) is 3.12.